The minimum atomic E-state index is -0.0779. The van der Waals surface area contributed by atoms with Crippen molar-refractivity contribution in [2.45, 2.75) is 31.3 Å². The predicted octanol–water partition coefficient (Wildman–Crippen LogP) is 3.82. The Bertz CT molecular complexity index is 1160. The average molecular weight is 415 g/mol. The molecule has 5 rings (SSSR count). The summed E-state index contributed by atoms with van der Waals surface area (Å²) < 4.78 is 7.85. The van der Waals surface area contributed by atoms with E-state index in [9.17, 15) is 5.11 Å². The minimum Gasteiger partial charge on any atom is -0.394 e. The molecule has 158 valence electrons. The molecule has 6 nitrogen and oxygen atoms in total. The summed E-state index contributed by atoms with van der Waals surface area (Å²) in [5.41, 5.74) is 11.5. The van der Waals surface area contributed by atoms with E-state index < -0.39 is 0 Å². The zero-order valence-corrected chi connectivity index (χ0v) is 17.3. The van der Waals surface area contributed by atoms with Crippen molar-refractivity contribution in [1.82, 2.24) is 14.4 Å². The molecule has 2 aromatic carbocycles. The average Bonchev–Trinajstić information content (AvgIpc) is 3.21. The summed E-state index contributed by atoms with van der Waals surface area (Å²) in [5, 5.41) is 9.35. The van der Waals surface area contributed by atoms with Crippen LogP contribution < -0.4 is 5.73 Å². The van der Waals surface area contributed by atoms with Crippen molar-refractivity contribution >= 4 is 11.3 Å². The molecule has 3 heterocycles. The second-order valence-corrected chi connectivity index (χ2v) is 8.12. The van der Waals surface area contributed by atoms with Crippen molar-refractivity contribution < 1.29 is 9.84 Å². The van der Waals surface area contributed by atoms with E-state index in [1.807, 2.05) is 16.7 Å². The Morgan fingerprint density at radius 2 is 1.81 bits per heavy atom. The Balaban J connectivity index is 1.48. The van der Waals surface area contributed by atoms with Gasteiger partial charge in [-0.15, -0.1) is 0 Å². The number of benzene rings is 2. The summed E-state index contributed by atoms with van der Waals surface area (Å²) in [6, 6.07) is 19.0. The molecule has 0 saturated carbocycles. The molecule has 1 aliphatic rings. The van der Waals surface area contributed by atoms with E-state index in [1.54, 1.807) is 6.20 Å². The number of aliphatic hydroxyl groups excluding tert-OH is 1. The van der Waals surface area contributed by atoms with Crippen molar-refractivity contribution in [3.05, 3.63) is 83.9 Å². The van der Waals surface area contributed by atoms with Gasteiger partial charge < -0.3 is 15.6 Å². The first-order valence-corrected chi connectivity index (χ1v) is 10.7. The summed E-state index contributed by atoms with van der Waals surface area (Å²) in [7, 11) is 0. The van der Waals surface area contributed by atoms with E-state index in [0.717, 1.165) is 41.9 Å². The van der Waals surface area contributed by atoms with Crippen LogP contribution in [0.25, 0.3) is 16.8 Å². The minimum absolute atomic E-state index is 0.0620. The van der Waals surface area contributed by atoms with Gasteiger partial charge in [-0.2, -0.15) is 0 Å². The molecule has 1 saturated heterocycles. The number of aromatic nitrogens is 3. The van der Waals surface area contributed by atoms with Crippen molar-refractivity contribution in [3.8, 4) is 11.3 Å². The van der Waals surface area contributed by atoms with Gasteiger partial charge in [0.15, 0.2) is 0 Å². The number of hydrogen-bond acceptors (Lipinski definition) is 5. The molecule has 6 heteroatoms. The molecule has 0 spiro atoms. The monoisotopic (exact) mass is 414 g/mol. The molecule has 0 bridgehead atoms. The van der Waals surface area contributed by atoms with Gasteiger partial charge in [0.2, 0.25) is 0 Å². The van der Waals surface area contributed by atoms with Crippen LogP contribution >= 0.6 is 0 Å². The lowest BCUT2D eigenvalue weighted by Crippen LogP contribution is -2.28. The lowest BCUT2D eigenvalue weighted by Gasteiger charge is -2.27. The highest BCUT2D eigenvalue weighted by atomic mass is 16.5. The third kappa shape index (κ3) is 3.92. The van der Waals surface area contributed by atoms with Crippen molar-refractivity contribution in [2.75, 3.05) is 18.9 Å². The van der Waals surface area contributed by atoms with E-state index >= 15 is 0 Å². The number of fused-ring (bicyclic) bond motifs is 1. The molecule has 1 fully saturated rings. The summed E-state index contributed by atoms with van der Waals surface area (Å²) in [4.78, 5) is 9.31. The number of rotatable bonds is 5. The van der Waals surface area contributed by atoms with Crippen LogP contribution in [0.2, 0.25) is 0 Å². The van der Waals surface area contributed by atoms with Crippen molar-refractivity contribution in [1.29, 1.82) is 0 Å². The van der Waals surface area contributed by atoms with Crippen LogP contribution in [0.4, 0.5) is 5.82 Å². The highest BCUT2D eigenvalue weighted by Gasteiger charge is 2.27. The van der Waals surface area contributed by atoms with Crippen LogP contribution in [-0.2, 0) is 11.2 Å². The van der Waals surface area contributed by atoms with Gasteiger partial charge in [0.25, 0.3) is 0 Å². The standard InChI is InChI=1S/C25H26N4O2/c26-24-23-22(19-8-6-18(7-9-19)14-17-4-2-1-3-5-17)28-25(29(23)13-12-27-24)20-10-11-21(15-30)31-16-20/h1-9,12-13,20-21,30H,10-11,14-16H2,(H2,26,27). The van der Waals surface area contributed by atoms with Crippen LogP contribution in [0.15, 0.2) is 67.0 Å². The summed E-state index contributed by atoms with van der Waals surface area (Å²) in [5.74, 6) is 1.56. The molecule has 2 unspecified atom stereocenters. The Hall–Kier alpha value is -3.22. The van der Waals surface area contributed by atoms with E-state index in [4.69, 9.17) is 15.5 Å². The predicted molar refractivity (Wildman–Crippen MR) is 121 cm³/mol. The zero-order chi connectivity index (χ0) is 21.2. The first kappa shape index (κ1) is 19.7. The Morgan fingerprint density at radius 1 is 1.03 bits per heavy atom. The normalized spacial score (nSPS) is 19.0. The molecule has 2 atom stereocenters. The number of nitrogens with two attached hydrogens (primary N) is 1. The molecule has 1 aliphatic heterocycles. The first-order valence-electron chi connectivity index (χ1n) is 10.7. The number of ether oxygens (including phenoxy) is 1. The van der Waals surface area contributed by atoms with Gasteiger partial charge in [-0.3, -0.25) is 4.40 Å². The molecule has 3 N–H and O–H groups in total. The Labute approximate surface area is 181 Å². The smallest absolute Gasteiger partial charge is 0.150 e. The fraction of sp³-hybridized carbons (Fsp3) is 0.280. The van der Waals surface area contributed by atoms with Crippen molar-refractivity contribution in [3.63, 3.8) is 0 Å². The molecule has 0 radical (unpaired) electrons. The highest BCUT2D eigenvalue weighted by molar-refractivity contribution is 5.85. The number of hydrogen-bond donors (Lipinski definition) is 2. The molecule has 0 amide bonds. The van der Waals surface area contributed by atoms with Crippen LogP contribution in [0.5, 0.6) is 0 Å². The topological polar surface area (TPSA) is 85.7 Å². The summed E-state index contributed by atoms with van der Waals surface area (Å²) >= 11 is 0. The van der Waals surface area contributed by atoms with E-state index in [0.29, 0.717) is 12.4 Å². The van der Waals surface area contributed by atoms with Gasteiger partial charge in [-0.25, -0.2) is 9.97 Å². The molecule has 0 aliphatic carbocycles. The quantitative estimate of drug-likeness (QED) is 0.518. The zero-order valence-electron chi connectivity index (χ0n) is 17.3. The summed E-state index contributed by atoms with van der Waals surface area (Å²) in [6.45, 7) is 0.606. The maximum Gasteiger partial charge on any atom is 0.150 e. The van der Waals surface area contributed by atoms with E-state index in [1.165, 1.54) is 11.1 Å². The fourth-order valence-electron chi connectivity index (χ4n) is 4.34. The number of nitrogen functional groups attached to an aromatic ring is 1. The van der Waals surface area contributed by atoms with Crippen LogP contribution in [0.1, 0.15) is 35.7 Å². The van der Waals surface area contributed by atoms with Gasteiger partial charge in [-0.05, 0) is 30.4 Å². The van der Waals surface area contributed by atoms with Gasteiger partial charge in [-0.1, -0.05) is 54.6 Å². The van der Waals surface area contributed by atoms with E-state index in [2.05, 4.69) is 53.5 Å². The van der Waals surface area contributed by atoms with Crippen LogP contribution in [-0.4, -0.2) is 38.8 Å². The number of aliphatic hydroxyl groups is 1. The van der Waals surface area contributed by atoms with Crippen LogP contribution in [0.3, 0.4) is 0 Å². The van der Waals surface area contributed by atoms with Gasteiger partial charge in [0.05, 0.1) is 19.3 Å². The Kier molecular flexibility index (Phi) is 5.40. The van der Waals surface area contributed by atoms with Gasteiger partial charge in [0.1, 0.15) is 22.9 Å². The molecule has 2 aromatic heterocycles. The Morgan fingerprint density at radius 3 is 2.52 bits per heavy atom. The maximum absolute atomic E-state index is 9.35. The third-order valence-electron chi connectivity index (χ3n) is 6.03. The lowest BCUT2D eigenvalue weighted by atomic mass is 9.98. The van der Waals surface area contributed by atoms with Gasteiger partial charge >= 0.3 is 0 Å². The second-order valence-electron chi connectivity index (χ2n) is 8.12. The number of anilines is 1. The third-order valence-corrected chi connectivity index (χ3v) is 6.03. The maximum atomic E-state index is 9.35. The second kappa shape index (κ2) is 8.49. The fourth-order valence-corrected chi connectivity index (χ4v) is 4.34. The van der Waals surface area contributed by atoms with Crippen molar-refractivity contribution in [2.24, 2.45) is 0 Å². The number of imidazole rings is 1. The molecular weight excluding hydrogens is 388 g/mol. The highest BCUT2D eigenvalue weighted by Crippen LogP contribution is 2.34. The van der Waals surface area contributed by atoms with E-state index in [-0.39, 0.29) is 18.6 Å². The largest absolute Gasteiger partial charge is 0.394 e. The van der Waals surface area contributed by atoms with Crippen LogP contribution in [0, 0.1) is 0 Å². The first-order chi connectivity index (χ1) is 15.2. The summed E-state index contributed by atoms with van der Waals surface area (Å²) in [6.07, 6.45) is 6.18. The molecular formula is C25H26N4O2. The SMILES string of the molecule is Nc1nccn2c(C3CCC(CO)OC3)nc(-c3ccc(Cc4ccccc4)cc3)c12. The number of nitrogens with zero attached hydrogens (tertiary/aromatic N) is 3. The molecule has 31 heavy (non-hydrogen) atoms. The van der Waals surface area contributed by atoms with Gasteiger partial charge in [0, 0.05) is 23.9 Å². The lowest BCUT2D eigenvalue weighted by molar-refractivity contribution is -0.0282. The molecule has 4 aromatic rings.